The summed E-state index contributed by atoms with van der Waals surface area (Å²) in [6.07, 6.45) is -15.4. The molecule has 9 N–H and O–H groups in total. The third kappa shape index (κ3) is 3.41. The van der Waals surface area contributed by atoms with Crippen LogP contribution in [-0.4, -0.2) is 120 Å². The van der Waals surface area contributed by atoms with Crippen molar-refractivity contribution in [1.82, 2.24) is 0 Å². The van der Waals surface area contributed by atoms with Crippen LogP contribution in [0.15, 0.2) is 0 Å². The van der Waals surface area contributed by atoms with E-state index in [1.165, 1.54) is 0 Å². The lowest BCUT2D eigenvalue weighted by Gasteiger charge is -2.30. The molecule has 24 heavy (non-hydrogen) atoms. The molecule has 2 rings (SSSR count). The average Bonchev–Trinajstić information content (AvgIpc) is 2.96. The topological polar surface area (TPSA) is 210 Å². The maximum atomic E-state index is 10.2. The predicted octanol–water partition coefficient (Wildman–Crippen LogP) is -6.08. The lowest BCUT2D eigenvalue weighted by atomic mass is 10.1. The Morgan fingerprint density at radius 1 is 0.875 bits per heavy atom. The molecule has 2 heterocycles. The Labute approximate surface area is 135 Å². The van der Waals surface area contributed by atoms with Gasteiger partial charge in [0.25, 0.3) is 0 Å². The van der Waals surface area contributed by atoms with Gasteiger partial charge >= 0.3 is 5.97 Å². The zero-order valence-corrected chi connectivity index (χ0v) is 12.4. The second-order valence-electron chi connectivity index (χ2n) is 5.72. The molecular formula is C12H22O12. The summed E-state index contributed by atoms with van der Waals surface area (Å²) in [7, 11) is 0. The molecule has 1 unspecified atom stereocenters. The molecular weight excluding hydrogens is 336 g/mol. The molecule has 0 amide bonds. The van der Waals surface area contributed by atoms with E-state index in [9.17, 15) is 35.7 Å². The van der Waals surface area contributed by atoms with E-state index >= 15 is 0 Å². The van der Waals surface area contributed by atoms with E-state index in [4.69, 9.17) is 24.4 Å². The van der Waals surface area contributed by atoms with Crippen molar-refractivity contribution >= 4 is 0 Å². The van der Waals surface area contributed by atoms with Crippen molar-refractivity contribution in [2.45, 2.75) is 61.1 Å². The molecule has 2 aliphatic heterocycles. The van der Waals surface area contributed by atoms with Crippen molar-refractivity contribution in [3.63, 3.8) is 0 Å². The third-order valence-corrected chi connectivity index (χ3v) is 4.01. The first-order valence-electron chi connectivity index (χ1n) is 7.19. The minimum absolute atomic E-state index is 0.784. The van der Waals surface area contributed by atoms with Crippen molar-refractivity contribution in [2.75, 3.05) is 13.2 Å². The van der Waals surface area contributed by atoms with Crippen LogP contribution in [0, 0.1) is 0 Å². The Morgan fingerprint density at radius 2 is 1.42 bits per heavy atom. The summed E-state index contributed by atoms with van der Waals surface area (Å²) in [4.78, 5) is 0. The molecule has 0 bridgehead atoms. The zero-order chi connectivity index (χ0) is 18.2. The number of rotatable bonds is 6. The second-order valence-corrected chi connectivity index (χ2v) is 5.72. The average molecular weight is 358 g/mol. The van der Waals surface area contributed by atoms with Gasteiger partial charge in [0, 0.05) is 0 Å². The van der Waals surface area contributed by atoms with Gasteiger partial charge in [-0.15, -0.1) is 0 Å². The molecule has 0 aromatic carbocycles. The lowest BCUT2D eigenvalue weighted by Crippen LogP contribution is -2.50. The summed E-state index contributed by atoms with van der Waals surface area (Å²) in [5, 5.41) is 86.0. The molecule has 0 aromatic heterocycles. The molecule has 2 aliphatic rings. The van der Waals surface area contributed by atoms with Crippen LogP contribution >= 0.6 is 0 Å². The van der Waals surface area contributed by atoms with Gasteiger partial charge in [-0.25, -0.2) is 0 Å². The van der Waals surface area contributed by atoms with Crippen LogP contribution in [0.25, 0.3) is 0 Å². The fraction of sp³-hybridized carbons (Fsp3) is 1.00. The first-order valence-corrected chi connectivity index (χ1v) is 7.19. The number of ether oxygens (including phenoxy) is 3. The monoisotopic (exact) mass is 358 g/mol. The first-order chi connectivity index (χ1) is 11.2. The SMILES string of the molecule is OC[C@H](O)[C@@H]1OC(O)(O[C@@H]2O[C@@H]([C@@H](O)CO)[C@@H](O)[C@@H]2O)[C@@H](O)[C@@H]1O. The summed E-state index contributed by atoms with van der Waals surface area (Å²) < 4.78 is 14.7. The maximum absolute atomic E-state index is 10.2. The third-order valence-electron chi connectivity index (χ3n) is 4.01. The van der Waals surface area contributed by atoms with Crippen LogP contribution in [0.1, 0.15) is 0 Å². The Kier molecular flexibility index (Phi) is 6.12. The quantitative estimate of drug-likeness (QED) is 0.203. The van der Waals surface area contributed by atoms with Gasteiger partial charge in [0.05, 0.1) is 13.2 Å². The summed E-state index contributed by atoms with van der Waals surface area (Å²) in [6, 6.07) is 0. The second kappa shape index (κ2) is 7.41. The lowest BCUT2D eigenvalue weighted by molar-refractivity contribution is -0.422. The first kappa shape index (κ1) is 19.8. The van der Waals surface area contributed by atoms with E-state index in [1.807, 2.05) is 0 Å². The Balaban J connectivity index is 2.09. The van der Waals surface area contributed by atoms with Crippen LogP contribution < -0.4 is 0 Å². The minimum Gasteiger partial charge on any atom is -0.394 e. The molecule has 0 spiro atoms. The van der Waals surface area contributed by atoms with Crippen molar-refractivity contribution in [3.05, 3.63) is 0 Å². The van der Waals surface area contributed by atoms with E-state index in [0.717, 1.165) is 0 Å². The van der Waals surface area contributed by atoms with Crippen LogP contribution in [0.2, 0.25) is 0 Å². The molecule has 0 aromatic rings. The molecule has 0 radical (unpaired) electrons. The molecule has 2 saturated heterocycles. The largest absolute Gasteiger partial charge is 0.394 e. The molecule has 2 fully saturated rings. The molecule has 12 heteroatoms. The van der Waals surface area contributed by atoms with Crippen molar-refractivity contribution < 1.29 is 60.2 Å². The highest BCUT2D eigenvalue weighted by Gasteiger charge is 2.60. The van der Waals surface area contributed by atoms with Gasteiger partial charge in [-0.3, -0.25) is 4.74 Å². The minimum atomic E-state index is -2.93. The van der Waals surface area contributed by atoms with Crippen molar-refractivity contribution in [1.29, 1.82) is 0 Å². The zero-order valence-electron chi connectivity index (χ0n) is 12.4. The predicted molar refractivity (Wildman–Crippen MR) is 69.8 cm³/mol. The standard InChI is InChI=1S/C12H22O12/c13-1-3(15)8-5(17)6(18)11(22-8)24-12(21)10(20)7(19)9(23-12)4(16)2-14/h3-11,13-21H,1-2H2/t3-,4-,5-,6-,7+,8-,9-,10-,11-,12?/m0/s1. The van der Waals surface area contributed by atoms with Crippen LogP contribution in [0.4, 0.5) is 0 Å². The summed E-state index contributed by atoms with van der Waals surface area (Å²) in [5.41, 5.74) is 0. The van der Waals surface area contributed by atoms with E-state index in [-0.39, 0.29) is 0 Å². The Bertz CT molecular complexity index is 423. The molecule has 12 nitrogen and oxygen atoms in total. The molecule has 10 atom stereocenters. The number of aliphatic hydroxyl groups excluding tert-OH is 8. The molecule has 0 aliphatic carbocycles. The smallest absolute Gasteiger partial charge is 0.313 e. The van der Waals surface area contributed by atoms with E-state index in [2.05, 4.69) is 0 Å². The number of aliphatic hydroxyl groups is 9. The van der Waals surface area contributed by atoms with Gasteiger partial charge in [-0.05, 0) is 0 Å². The Morgan fingerprint density at radius 3 is 1.96 bits per heavy atom. The van der Waals surface area contributed by atoms with Gasteiger partial charge < -0.3 is 55.4 Å². The Hall–Kier alpha value is -0.480. The van der Waals surface area contributed by atoms with E-state index in [1.54, 1.807) is 0 Å². The van der Waals surface area contributed by atoms with Crippen LogP contribution in [0.3, 0.4) is 0 Å². The van der Waals surface area contributed by atoms with Gasteiger partial charge in [0.1, 0.15) is 42.7 Å². The highest BCUT2D eigenvalue weighted by Crippen LogP contribution is 2.36. The van der Waals surface area contributed by atoms with E-state index in [0.29, 0.717) is 0 Å². The summed E-state index contributed by atoms with van der Waals surface area (Å²) >= 11 is 0. The molecule has 142 valence electrons. The van der Waals surface area contributed by atoms with Gasteiger partial charge in [-0.2, -0.15) is 0 Å². The highest BCUT2D eigenvalue weighted by molar-refractivity contribution is 4.96. The normalized spacial score (nSPS) is 48.6. The van der Waals surface area contributed by atoms with E-state index < -0.39 is 74.3 Å². The van der Waals surface area contributed by atoms with Gasteiger partial charge in [0.15, 0.2) is 12.4 Å². The van der Waals surface area contributed by atoms with Gasteiger partial charge in [-0.1, -0.05) is 0 Å². The maximum Gasteiger partial charge on any atom is 0.313 e. The number of hydrogen-bond acceptors (Lipinski definition) is 12. The fourth-order valence-corrected chi connectivity index (χ4v) is 2.59. The summed E-state index contributed by atoms with van der Waals surface area (Å²) in [6.45, 7) is -1.62. The van der Waals surface area contributed by atoms with Crippen LogP contribution in [0.5, 0.6) is 0 Å². The van der Waals surface area contributed by atoms with Crippen molar-refractivity contribution in [3.8, 4) is 0 Å². The molecule has 0 saturated carbocycles. The van der Waals surface area contributed by atoms with Crippen LogP contribution in [-0.2, 0) is 14.2 Å². The van der Waals surface area contributed by atoms with Crippen molar-refractivity contribution in [2.24, 2.45) is 0 Å². The highest BCUT2D eigenvalue weighted by atomic mass is 16.9. The number of hydrogen-bond donors (Lipinski definition) is 9. The summed E-state index contributed by atoms with van der Waals surface area (Å²) in [5.74, 6) is -2.93. The van der Waals surface area contributed by atoms with Gasteiger partial charge in [0.2, 0.25) is 0 Å². The fourth-order valence-electron chi connectivity index (χ4n) is 2.59.